The van der Waals surface area contributed by atoms with Gasteiger partial charge in [0.1, 0.15) is 0 Å². The second-order valence-electron chi connectivity index (χ2n) is 5.55. The highest BCUT2D eigenvalue weighted by Gasteiger charge is 2.26. The maximum absolute atomic E-state index is 11.9. The number of hydrogen-bond acceptors (Lipinski definition) is 2. The van der Waals surface area contributed by atoms with Crippen molar-refractivity contribution in [2.24, 2.45) is 11.8 Å². The number of rotatable bonds is 4. The number of piperidine rings is 1. The van der Waals surface area contributed by atoms with Crippen LogP contribution in [-0.4, -0.2) is 49.4 Å². The summed E-state index contributed by atoms with van der Waals surface area (Å²) in [5.41, 5.74) is 0. The lowest BCUT2D eigenvalue weighted by molar-refractivity contribution is -0.134. The van der Waals surface area contributed by atoms with Gasteiger partial charge in [-0.2, -0.15) is 0 Å². The average molecular weight is 226 g/mol. The minimum atomic E-state index is 0.232. The van der Waals surface area contributed by atoms with Crippen LogP contribution >= 0.6 is 0 Å². The number of amides is 1. The zero-order chi connectivity index (χ0) is 12.1. The summed E-state index contributed by atoms with van der Waals surface area (Å²) in [7, 11) is 3.71. The van der Waals surface area contributed by atoms with E-state index in [2.05, 4.69) is 18.7 Å². The first-order valence-corrected chi connectivity index (χ1v) is 6.44. The molecule has 1 atom stereocenters. The molecule has 1 fully saturated rings. The quantitative estimate of drug-likeness (QED) is 0.730. The maximum Gasteiger partial charge on any atom is 0.226 e. The second kappa shape index (κ2) is 6.24. The van der Waals surface area contributed by atoms with Crippen LogP contribution in [0.3, 0.4) is 0 Å². The topological polar surface area (TPSA) is 23.6 Å². The third-order valence-electron chi connectivity index (χ3n) is 3.32. The van der Waals surface area contributed by atoms with Gasteiger partial charge in [-0.1, -0.05) is 13.8 Å². The molecular weight excluding hydrogens is 200 g/mol. The smallest absolute Gasteiger partial charge is 0.226 e. The molecule has 0 aliphatic carbocycles. The monoisotopic (exact) mass is 226 g/mol. The van der Waals surface area contributed by atoms with E-state index in [-0.39, 0.29) is 5.92 Å². The molecule has 1 aliphatic rings. The molecule has 3 nitrogen and oxygen atoms in total. The van der Waals surface area contributed by atoms with Crippen molar-refractivity contribution >= 4 is 5.91 Å². The van der Waals surface area contributed by atoms with Crippen LogP contribution in [0.4, 0.5) is 0 Å². The van der Waals surface area contributed by atoms with E-state index in [0.717, 1.165) is 25.4 Å². The van der Waals surface area contributed by atoms with Crippen LogP contribution in [0.5, 0.6) is 0 Å². The SMILES string of the molecule is CC(C)CCN1CCCC(C(=O)N(C)C)C1. The Morgan fingerprint density at radius 3 is 2.69 bits per heavy atom. The number of carbonyl (C=O) groups excluding carboxylic acids is 1. The summed E-state index contributed by atoms with van der Waals surface area (Å²) in [6, 6.07) is 0. The van der Waals surface area contributed by atoms with E-state index >= 15 is 0 Å². The van der Waals surface area contributed by atoms with E-state index in [1.165, 1.54) is 19.4 Å². The molecule has 1 heterocycles. The molecule has 3 heteroatoms. The molecule has 1 unspecified atom stereocenters. The fraction of sp³-hybridized carbons (Fsp3) is 0.923. The Morgan fingerprint density at radius 2 is 2.12 bits per heavy atom. The van der Waals surface area contributed by atoms with Gasteiger partial charge in [-0.05, 0) is 38.3 Å². The van der Waals surface area contributed by atoms with Gasteiger partial charge in [0.2, 0.25) is 5.91 Å². The van der Waals surface area contributed by atoms with E-state index < -0.39 is 0 Å². The molecule has 0 aromatic carbocycles. The largest absolute Gasteiger partial charge is 0.349 e. The molecule has 0 saturated carbocycles. The van der Waals surface area contributed by atoms with Crippen LogP contribution < -0.4 is 0 Å². The van der Waals surface area contributed by atoms with Gasteiger partial charge in [0, 0.05) is 20.6 Å². The molecule has 16 heavy (non-hydrogen) atoms. The standard InChI is InChI=1S/C13H26N2O/c1-11(2)7-9-15-8-5-6-12(10-15)13(16)14(3)4/h11-12H,5-10H2,1-4H3. The molecule has 0 aromatic rings. The lowest BCUT2D eigenvalue weighted by atomic mass is 9.96. The van der Waals surface area contributed by atoms with Gasteiger partial charge in [-0.3, -0.25) is 4.79 Å². The molecular formula is C13H26N2O. The highest BCUT2D eigenvalue weighted by atomic mass is 16.2. The second-order valence-corrected chi connectivity index (χ2v) is 5.55. The zero-order valence-corrected chi connectivity index (χ0v) is 11.2. The number of hydrogen-bond donors (Lipinski definition) is 0. The summed E-state index contributed by atoms with van der Waals surface area (Å²) in [6.45, 7) is 7.79. The Kier molecular flexibility index (Phi) is 5.26. The summed E-state index contributed by atoms with van der Waals surface area (Å²) >= 11 is 0. The number of carbonyl (C=O) groups is 1. The van der Waals surface area contributed by atoms with Crippen molar-refractivity contribution in [2.75, 3.05) is 33.7 Å². The van der Waals surface area contributed by atoms with Gasteiger partial charge in [-0.15, -0.1) is 0 Å². The van der Waals surface area contributed by atoms with Crippen molar-refractivity contribution in [3.63, 3.8) is 0 Å². The first-order valence-electron chi connectivity index (χ1n) is 6.44. The molecule has 0 N–H and O–H groups in total. The van der Waals surface area contributed by atoms with Gasteiger partial charge in [-0.25, -0.2) is 0 Å². The minimum absolute atomic E-state index is 0.232. The van der Waals surface area contributed by atoms with E-state index in [0.29, 0.717) is 5.91 Å². The highest BCUT2D eigenvalue weighted by molar-refractivity contribution is 5.78. The van der Waals surface area contributed by atoms with Gasteiger partial charge < -0.3 is 9.80 Å². The molecule has 1 amide bonds. The predicted octanol–water partition coefficient (Wildman–Crippen LogP) is 1.83. The fourth-order valence-electron chi connectivity index (χ4n) is 2.27. The first kappa shape index (κ1) is 13.5. The number of nitrogens with zero attached hydrogens (tertiary/aromatic N) is 2. The minimum Gasteiger partial charge on any atom is -0.349 e. The Bertz CT molecular complexity index is 226. The third-order valence-corrected chi connectivity index (χ3v) is 3.32. The molecule has 94 valence electrons. The van der Waals surface area contributed by atoms with Crippen molar-refractivity contribution in [1.82, 2.24) is 9.80 Å². The lowest BCUT2D eigenvalue weighted by Crippen LogP contribution is -2.43. The summed E-state index contributed by atoms with van der Waals surface area (Å²) in [6.07, 6.45) is 3.47. The Hall–Kier alpha value is -0.570. The molecule has 0 radical (unpaired) electrons. The van der Waals surface area contributed by atoms with Crippen LogP contribution in [0.1, 0.15) is 33.1 Å². The lowest BCUT2D eigenvalue weighted by Gasteiger charge is -2.33. The zero-order valence-electron chi connectivity index (χ0n) is 11.2. The Morgan fingerprint density at radius 1 is 1.44 bits per heavy atom. The van der Waals surface area contributed by atoms with Crippen LogP contribution in [0.15, 0.2) is 0 Å². The molecule has 1 rings (SSSR count). The van der Waals surface area contributed by atoms with E-state index in [1.54, 1.807) is 4.90 Å². The predicted molar refractivity (Wildman–Crippen MR) is 67.3 cm³/mol. The molecule has 1 saturated heterocycles. The molecule has 0 spiro atoms. The van der Waals surface area contributed by atoms with Crippen molar-refractivity contribution in [3.8, 4) is 0 Å². The van der Waals surface area contributed by atoms with Crippen molar-refractivity contribution in [3.05, 3.63) is 0 Å². The van der Waals surface area contributed by atoms with Crippen LogP contribution in [0, 0.1) is 11.8 Å². The van der Waals surface area contributed by atoms with Crippen molar-refractivity contribution in [2.45, 2.75) is 33.1 Å². The number of likely N-dealkylation sites (tertiary alicyclic amines) is 1. The van der Waals surface area contributed by atoms with Gasteiger partial charge in [0.25, 0.3) is 0 Å². The highest BCUT2D eigenvalue weighted by Crippen LogP contribution is 2.18. The van der Waals surface area contributed by atoms with E-state index in [4.69, 9.17) is 0 Å². The first-order chi connectivity index (χ1) is 7.50. The van der Waals surface area contributed by atoms with Crippen molar-refractivity contribution in [1.29, 1.82) is 0 Å². The van der Waals surface area contributed by atoms with Gasteiger partial charge in [0.05, 0.1) is 5.92 Å². The van der Waals surface area contributed by atoms with Crippen LogP contribution in [0.25, 0.3) is 0 Å². The fourth-order valence-corrected chi connectivity index (χ4v) is 2.27. The Labute approximate surface area is 99.8 Å². The summed E-state index contributed by atoms with van der Waals surface area (Å²) < 4.78 is 0. The summed E-state index contributed by atoms with van der Waals surface area (Å²) in [4.78, 5) is 16.1. The Balaban J connectivity index is 2.38. The van der Waals surface area contributed by atoms with Crippen LogP contribution in [-0.2, 0) is 4.79 Å². The summed E-state index contributed by atoms with van der Waals surface area (Å²) in [5.74, 6) is 1.29. The van der Waals surface area contributed by atoms with Crippen LogP contribution in [0.2, 0.25) is 0 Å². The van der Waals surface area contributed by atoms with E-state index in [9.17, 15) is 4.79 Å². The van der Waals surface area contributed by atoms with Gasteiger partial charge >= 0.3 is 0 Å². The van der Waals surface area contributed by atoms with Gasteiger partial charge in [0.15, 0.2) is 0 Å². The maximum atomic E-state index is 11.9. The molecule has 0 bridgehead atoms. The average Bonchev–Trinajstić information content (AvgIpc) is 2.25. The molecule has 0 aromatic heterocycles. The molecule has 1 aliphatic heterocycles. The third kappa shape index (κ3) is 4.12. The van der Waals surface area contributed by atoms with E-state index in [1.807, 2.05) is 14.1 Å². The normalized spacial score (nSPS) is 22.4. The summed E-state index contributed by atoms with van der Waals surface area (Å²) in [5, 5.41) is 0. The van der Waals surface area contributed by atoms with Crippen molar-refractivity contribution < 1.29 is 4.79 Å².